The molecule has 0 unspecified atom stereocenters. The van der Waals surface area contributed by atoms with Crippen LogP contribution in [0.1, 0.15) is 11.1 Å². The Kier molecular flexibility index (Phi) is 3.16. The number of halogens is 3. The molecular weight excluding hydrogens is 280 g/mol. The molecule has 106 valence electrons. The zero-order valence-electron chi connectivity index (χ0n) is 10.9. The van der Waals surface area contributed by atoms with Crippen molar-refractivity contribution >= 4 is 12.6 Å². The quantitative estimate of drug-likeness (QED) is 0.771. The molecule has 0 spiro atoms. The van der Waals surface area contributed by atoms with Gasteiger partial charge in [-0.1, -0.05) is 30.8 Å². The van der Waals surface area contributed by atoms with Gasteiger partial charge in [-0.25, -0.2) is 0 Å². The summed E-state index contributed by atoms with van der Waals surface area (Å²) in [4.78, 5) is 0. The molecule has 2 nitrogen and oxygen atoms in total. The average Bonchev–Trinajstić information content (AvgIpc) is 2.89. The van der Waals surface area contributed by atoms with E-state index in [9.17, 15) is 13.2 Å². The number of benzene rings is 2. The van der Waals surface area contributed by atoms with Crippen LogP contribution in [0.15, 0.2) is 55.1 Å². The molecular formula is C15H10BF3O2. The minimum atomic E-state index is -4.35. The van der Waals surface area contributed by atoms with Gasteiger partial charge >= 0.3 is 13.3 Å². The average molecular weight is 290 g/mol. The van der Waals surface area contributed by atoms with E-state index >= 15 is 0 Å². The molecule has 1 aliphatic heterocycles. The summed E-state index contributed by atoms with van der Waals surface area (Å²) in [7, 11) is -0.723. The summed E-state index contributed by atoms with van der Waals surface area (Å²) >= 11 is 0. The van der Waals surface area contributed by atoms with Gasteiger partial charge in [0.05, 0.1) is 5.56 Å². The van der Waals surface area contributed by atoms with Gasteiger partial charge in [0.2, 0.25) is 0 Å². The van der Waals surface area contributed by atoms with Crippen molar-refractivity contribution in [2.75, 3.05) is 0 Å². The highest BCUT2D eigenvalue weighted by Crippen LogP contribution is 2.36. The van der Waals surface area contributed by atoms with Gasteiger partial charge < -0.3 is 9.31 Å². The third kappa shape index (κ3) is 2.61. The summed E-state index contributed by atoms with van der Waals surface area (Å²) in [5.41, 5.74) is 0.316. The Hall–Kier alpha value is -2.37. The van der Waals surface area contributed by atoms with Crippen molar-refractivity contribution in [2.45, 2.75) is 6.18 Å². The van der Waals surface area contributed by atoms with E-state index in [2.05, 4.69) is 6.58 Å². The van der Waals surface area contributed by atoms with Gasteiger partial charge in [0.25, 0.3) is 0 Å². The predicted molar refractivity (Wildman–Crippen MR) is 73.9 cm³/mol. The molecule has 1 heterocycles. The number of fused-ring (bicyclic) bond motifs is 1. The first-order chi connectivity index (χ1) is 9.95. The maximum absolute atomic E-state index is 12.5. The lowest BCUT2D eigenvalue weighted by Gasteiger charge is -2.10. The van der Waals surface area contributed by atoms with Crippen molar-refractivity contribution in [3.63, 3.8) is 0 Å². The molecule has 0 amide bonds. The molecule has 2 aromatic carbocycles. The minimum absolute atomic E-state index is 0.472. The number of alkyl halides is 3. The fraction of sp³-hybridized carbons (Fsp3) is 0.0667. The van der Waals surface area contributed by atoms with Crippen molar-refractivity contribution in [1.29, 1.82) is 0 Å². The monoisotopic (exact) mass is 290 g/mol. The van der Waals surface area contributed by atoms with Gasteiger partial charge in [-0.05, 0) is 29.8 Å². The molecule has 1 aliphatic rings. The van der Waals surface area contributed by atoms with Gasteiger partial charge in [-0.2, -0.15) is 13.2 Å². The lowest BCUT2D eigenvalue weighted by Crippen LogP contribution is -2.26. The van der Waals surface area contributed by atoms with Crippen LogP contribution in [0, 0.1) is 0 Å². The first-order valence-corrected chi connectivity index (χ1v) is 6.24. The summed E-state index contributed by atoms with van der Waals surface area (Å²) in [6.07, 6.45) is -4.35. The Labute approximate surface area is 120 Å². The van der Waals surface area contributed by atoms with Crippen molar-refractivity contribution in [3.8, 4) is 11.5 Å². The zero-order valence-corrected chi connectivity index (χ0v) is 10.9. The molecule has 0 radical (unpaired) electrons. The normalized spacial score (nSPS) is 13.4. The summed E-state index contributed by atoms with van der Waals surface area (Å²) < 4.78 is 48.7. The van der Waals surface area contributed by atoms with E-state index in [4.69, 9.17) is 9.31 Å². The van der Waals surface area contributed by atoms with E-state index in [0.717, 1.165) is 12.1 Å². The largest absolute Gasteiger partial charge is 0.632 e. The lowest BCUT2D eigenvalue weighted by molar-refractivity contribution is -0.137. The van der Waals surface area contributed by atoms with Crippen LogP contribution in [0.5, 0.6) is 11.5 Å². The van der Waals surface area contributed by atoms with Gasteiger partial charge in [-0.3, -0.25) is 0 Å². The van der Waals surface area contributed by atoms with E-state index in [-0.39, 0.29) is 0 Å². The topological polar surface area (TPSA) is 18.5 Å². The minimum Gasteiger partial charge on any atom is -0.519 e. The van der Waals surface area contributed by atoms with E-state index in [1.165, 1.54) is 12.1 Å². The molecule has 21 heavy (non-hydrogen) atoms. The van der Waals surface area contributed by atoms with Crippen LogP contribution in [0.25, 0.3) is 5.47 Å². The number of para-hydroxylation sites is 2. The summed E-state index contributed by atoms with van der Waals surface area (Å²) in [5.74, 6) is 1.19. The molecule has 0 fully saturated rings. The molecule has 0 N–H and O–H groups in total. The summed E-state index contributed by atoms with van der Waals surface area (Å²) in [6.45, 7) is 3.85. The molecule has 0 atom stereocenters. The maximum Gasteiger partial charge on any atom is 0.632 e. The summed E-state index contributed by atoms with van der Waals surface area (Å²) in [6, 6.07) is 11.9. The fourth-order valence-electron chi connectivity index (χ4n) is 2.05. The van der Waals surface area contributed by atoms with Crippen LogP contribution in [0.3, 0.4) is 0 Å². The van der Waals surface area contributed by atoms with Crippen LogP contribution in [-0.2, 0) is 6.18 Å². The second kappa shape index (κ2) is 4.88. The van der Waals surface area contributed by atoms with E-state index in [0.29, 0.717) is 22.5 Å². The predicted octanol–water partition coefficient (Wildman–Crippen LogP) is 4.22. The van der Waals surface area contributed by atoms with Crippen molar-refractivity contribution in [1.82, 2.24) is 0 Å². The molecule has 0 aromatic heterocycles. The number of hydrogen-bond acceptors (Lipinski definition) is 2. The SMILES string of the molecule is C=C(B1Oc2ccccc2O1)c1ccc(C(F)(F)F)cc1. The molecule has 3 rings (SSSR count). The second-order valence-electron chi connectivity index (χ2n) is 4.61. The van der Waals surface area contributed by atoms with Gasteiger partial charge in [0.15, 0.2) is 0 Å². The Morgan fingerprint density at radius 1 is 0.905 bits per heavy atom. The van der Waals surface area contributed by atoms with Gasteiger partial charge in [0, 0.05) is 5.47 Å². The van der Waals surface area contributed by atoms with Crippen molar-refractivity contribution < 1.29 is 22.5 Å². The molecule has 2 aromatic rings. The highest BCUT2D eigenvalue weighted by Gasteiger charge is 2.36. The van der Waals surface area contributed by atoms with E-state index < -0.39 is 18.9 Å². The van der Waals surface area contributed by atoms with Crippen molar-refractivity contribution in [2.24, 2.45) is 0 Å². The van der Waals surface area contributed by atoms with Crippen LogP contribution in [-0.4, -0.2) is 7.12 Å². The van der Waals surface area contributed by atoms with E-state index in [1.54, 1.807) is 12.1 Å². The molecule has 6 heteroatoms. The standard InChI is InChI=1S/C15H10BF3O2/c1-10(11-6-8-12(9-7-11)15(17,18)19)16-20-13-4-2-3-5-14(13)21-16/h2-9H,1H2. The van der Waals surface area contributed by atoms with Gasteiger partial charge in [-0.15, -0.1) is 0 Å². The second-order valence-corrected chi connectivity index (χ2v) is 4.61. The number of hydrogen-bond donors (Lipinski definition) is 0. The zero-order chi connectivity index (χ0) is 15.0. The summed E-state index contributed by atoms with van der Waals surface area (Å²) in [5, 5.41) is 0. The number of rotatable bonds is 2. The Bertz CT molecular complexity index is 655. The molecule has 0 saturated carbocycles. The lowest BCUT2D eigenvalue weighted by atomic mass is 9.75. The van der Waals surface area contributed by atoms with Crippen LogP contribution in [0.4, 0.5) is 13.2 Å². The molecule has 0 aliphatic carbocycles. The van der Waals surface area contributed by atoms with Gasteiger partial charge in [0.1, 0.15) is 11.5 Å². The highest BCUT2D eigenvalue weighted by atomic mass is 19.4. The van der Waals surface area contributed by atoms with E-state index in [1.807, 2.05) is 12.1 Å². The Morgan fingerprint density at radius 3 is 1.90 bits per heavy atom. The fourth-order valence-corrected chi connectivity index (χ4v) is 2.05. The van der Waals surface area contributed by atoms with Crippen molar-refractivity contribution in [3.05, 3.63) is 66.2 Å². The Balaban J connectivity index is 1.78. The molecule has 0 saturated heterocycles. The smallest absolute Gasteiger partial charge is 0.519 e. The van der Waals surface area contributed by atoms with Crippen LogP contribution in [0.2, 0.25) is 0 Å². The third-order valence-electron chi connectivity index (χ3n) is 3.18. The first kappa shape index (κ1) is 13.6. The first-order valence-electron chi connectivity index (χ1n) is 6.24. The molecule has 0 bridgehead atoms. The van der Waals surface area contributed by atoms with Crippen LogP contribution >= 0.6 is 0 Å². The maximum atomic E-state index is 12.5. The Morgan fingerprint density at radius 2 is 1.43 bits per heavy atom. The van der Waals surface area contributed by atoms with Crippen LogP contribution < -0.4 is 9.31 Å². The third-order valence-corrected chi connectivity index (χ3v) is 3.18. The highest BCUT2D eigenvalue weighted by molar-refractivity contribution is 6.70.